The molecule has 6 heteroatoms. The smallest absolute Gasteiger partial charge is 0.273 e. The van der Waals surface area contributed by atoms with Crippen LogP contribution in [0, 0.1) is 19.8 Å². The van der Waals surface area contributed by atoms with Crippen LogP contribution in [-0.2, 0) is 4.74 Å². The Bertz CT molecular complexity index is 867. The number of carbonyl (C=O) groups is 1. The van der Waals surface area contributed by atoms with E-state index >= 15 is 0 Å². The van der Waals surface area contributed by atoms with Crippen molar-refractivity contribution < 1.29 is 9.53 Å². The number of rotatable bonds is 11. The Labute approximate surface area is 174 Å². The summed E-state index contributed by atoms with van der Waals surface area (Å²) in [5.41, 5.74) is 2.83. The van der Waals surface area contributed by atoms with Crippen LogP contribution in [0.2, 0.25) is 0 Å². The van der Waals surface area contributed by atoms with Gasteiger partial charge in [-0.15, -0.1) is 0 Å². The van der Waals surface area contributed by atoms with Gasteiger partial charge in [0.25, 0.3) is 5.91 Å². The minimum absolute atomic E-state index is 0.170. The molecule has 158 valence electrons. The molecule has 0 aliphatic heterocycles. The van der Waals surface area contributed by atoms with Gasteiger partial charge in [0.2, 0.25) is 0 Å². The minimum Gasteiger partial charge on any atom is -0.494 e. The van der Waals surface area contributed by atoms with Crippen LogP contribution >= 0.6 is 0 Å². The van der Waals surface area contributed by atoms with Gasteiger partial charge in [0.15, 0.2) is 11.3 Å². The van der Waals surface area contributed by atoms with E-state index < -0.39 is 0 Å². The fraction of sp³-hybridized carbons (Fsp3) is 0.522. The highest BCUT2D eigenvalue weighted by atomic mass is 16.5. The number of fused-ring (bicyclic) bond motifs is 1. The Morgan fingerprint density at radius 2 is 2.10 bits per heavy atom. The second-order valence-electron chi connectivity index (χ2n) is 7.44. The van der Waals surface area contributed by atoms with Crippen LogP contribution in [0.3, 0.4) is 0 Å². The largest absolute Gasteiger partial charge is 0.494 e. The maximum absolute atomic E-state index is 12.6. The number of hydrogen-bond acceptors (Lipinski definition) is 4. The molecule has 0 spiro atoms. The lowest BCUT2D eigenvalue weighted by Crippen LogP contribution is -2.28. The van der Waals surface area contributed by atoms with Crippen LogP contribution in [0.25, 0.3) is 5.65 Å². The van der Waals surface area contributed by atoms with Crippen molar-refractivity contribution in [2.75, 3.05) is 13.2 Å². The summed E-state index contributed by atoms with van der Waals surface area (Å²) < 4.78 is 7.69. The Balaban J connectivity index is 1.92. The molecule has 0 aromatic carbocycles. The molecule has 1 amide bonds. The zero-order valence-electron chi connectivity index (χ0n) is 18.4. The van der Waals surface area contributed by atoms with Crippen molar-refractivity contribution in [1.82, 2.24) is 19.7 Å². The molecule has 1 N–H and O–H groups in total. The van der Waals surface area contributed by atoms with Crippen molar-refractivity contribution in [2.24, 2.45) is 5.92 Å². The summed E-state index contributed by atoms with van der Waals surface area (Å²) in [7, 11) is 0. The number of carbonyl (C=O) groups excluding carboxylic acids is 1. The van der Waals surface area contributed by atoms with E-state index in [0.29, 0.717) is 17.9 Å². The van der Waals surface area contributed by atoms with Crippen molar-refractivity contribution >= 4 is 11.6 Å². The monoisotopic (exact) mass is 398 g/mol. The molecular weight excluding hydrogens is 364 g/mol. The Morgan fingerprint density at radius 3 is 2.83 bits per heavy atom. The first-order valence-corrected chi connectivity index (χ1v) is 10.6. The van der Waals surface area contributed by atoms with Crippen molar-refractivity contribution in [3.05, 3.63) is 53.5 Å². The van der Waals surface area contributed by atoms with Gasteiger partial charge in [-0.3, -0.25) is 9.20 Å². The highest BCUT2D eigenvalue weighted by Gasteiger charge is 2.16. The Hall–Kier alpha value is -2.63. The molecule has 2 rings (SSSR count). The standard InChI is InChI=1S/C23H34N4O2/c1-6-8-9-13-29-20(10-7-2)12-11-17(3)15-24-23(28)21-22-26-18(4)14-19(5)27(22)16-25-21/h10-12,14,16-17H,6-9,13,15H2,1-5H3,(H,24,28)/b12-11-,20-10+. The van der Waals surface area contributed by atoms with Crippen LogP contribution in [0.1, 0.15) is 68.3 Å². The van der Waals surface area contributed by atoms with Crippen molar-refractivity contribution in [3.63, 3.8) is 0 Å². The first-order chi connectivity index (χ1) is 14.0. The van der Waals surface area contributed by atoms with E-state index in [0.717, 1.165) is 36.6 Å². The summed E-state index contributed by atoms with van der Waals surface area (Å²) in [6.45, 7) is 11.5. The first kappa shape index (κ1) is 22.7. The van der Waals surface area contributed by atoms with E-state index in [4.69, 9.17) is 4.74 Å². The van der Waals surface area contributed by atoms with Gasteiger partial charge in [0, 0.05) is 17.9 Å². The highest BCUT2D eigenvalue weighted by molar-refractivity contribution is 5.98. The minimum atomic E-state index is -0.203. The van der Waals surface area contributed by atoms with Gasteiger partial charge in [0.05, 0.1) is 6.61 Å². The number of aromatic nitrogens is 3. The molecule has 2 heterocycles. The summed E-state index contributed by atoms with van der Waals surface area (Å²) in [6, 6.07) is 1.97. The van der Waals surface area contributed by atoms with E-state index in [1.165, 1.54) is 12.8 Å². The van der Waals surface area contributed by atoms with Crippen LogP contribution < -0.4 is 5.32 Å². The van der Waals surface area contributed by atoms with Crippen LogP contribution in [0.15, 0.2) is 36.4 Å². The molecule has 2 aromatic heterocycles. The predicted molar refractivity (Wildman–Crippen MR) is 117 cm³/mol. The molecule has 1 atom stereocenters. The van der Waals surface area contributed by atoms with Gasteiger partial charge in [0.1, 0.15) is 12.1 Å². The van der Waals surface area contributed by atoms with Gasteiger partial charge in [-0.2, -0.15) is 0 Å². The summed E-state index contributed by atoms with van der Waals surface area (Å²) in [5, 5.41) is 2.97. The number of aryl methyl sites for hydroxylation is 2. The number of hydrogen-bond donors (Lipinski definition) is 1. The number of nitrogens with zero attached hydrogens (tertiary/aromatic N) is 3. The molecule has 0 radical (unpaired) electrons. The number of imidazole rings is 1. The zero-order valence-corrected chi connectivity index (χ0v) is 18.4. The second-order valence-corrected chi connectivity index (χ2v) is 7.44. The van der Waals surface area contributed by atoms with Crippen molar-refractivity contribution in [3.8, 4) is 0 Å². The molecule has 0 aliphatic carbocycles. The summed E-state index contributed by atoms with van der Waals surface area (Å²) >= 11 is 0. The van der Waals surface area contributed by atoms with E-state index in [9.17, 15) is 4.79 Å². The molecule has 0 saturated heterocycles. The molecule has 0 fully saturated rings. The fourth-order valence-electron chi connectivity index (χ4n) is 3.02. The van der Waals surface area contributed by atoms with E-state index in [1.54, 1.807) is 6.33 Å². The second kappa shape index (κ2) is 11.4. The number of ether oxygens (including phenoxy) is 1. The third kappa shape index (κ3) is 6.73. The van der Waals surface area contributed by atoms with Gasteiger partial charge in [-0.05, 0) is 50.8 Å². The Kier molecular flexibility index (Phi) is 8.90. The third-order valence-electron chi connectivity index (χ3n) is 4.63. The van der Waals surface area contributed by atoms with E-state index in [-0.39, 0.29) is 11.8 Å². The van der Waals surface area contributed by atoms with Gasteiger partial charge >= 0.3 is 0 Å². The quantitative estimate of drug-likeness (QED) is 0.336. The predicted octanol–water partition coefficient (Wildman–Crippen LogP) is 4.77. The lowest BCUT2D eigenvalue weighted by molar-refractivity contribution is 0.0947. The maximum Gasteiger partial charge on any atom is 0.273 e. The number of allylic oxidation sites excluding steroid dienone is 2. The number of nitrogens with one attached hydrogen (secondary N) is 1. The van der Waals surface area contributed by atoms with Crippen LogP contribution in [0.4, 0.5) is 0 Å². The maximum atomic E-state index is 12.6. The zero-order chi connectivity index (χ0) is 21.2. The average Bonchev–Trinajstić information content (AvgIpc) is 3.11. The molecule has 1 unspecified atom stereocenters. The highest BCUT2D eigenvalue weighted by Crippen LogP contribution is 2.12. The number of unbranched alkanes of at least 4 members (excludes halogenated alkanes) is 2. The average molecular weight is 399 g/mol. The first-order valence-electron chi connectivity index (χ1n) is 10.6. The summed E-state index contributed by atoms with van der Waals surface area (Å²) in [6.07, 6.45) is 12.2. The number of amides is 1. The Morgan fingerprint density at radius 1 is 1.31 bits per heavy atom. The normalized spacial score (nSPS) is 13.2. The molecule has 29 heavy (non-hydrogen) atoms. The van der Waals surface area contributed by atoms with Crippen molar-refractivity contribution in [2.45, 2.75) is 60.3 Å². The van der Waals surface area contributed by atoms with E-state index in [2.05, 4.69) is 48.2 Å². The molecule has 6 nitrogen and oxygen atoms in total. The molecule has 0 saturated carbocycles. The SMILES string of the molecule is CC/C=C(\C=C/C(C)CNC(=O)c1ncn2c(C)cc(C)nc12)OCCCCC. The van der Waals surface area contributed by atoms with Gasteiger partial charge in [-0.25, -0.2) is 9.97 Å². The molecule has 2 aromatic rings. The van der Waals surface area contributed by atoms with Crippen LogP contribution in [-0.4, -0.2) is 33.4 Å². The lowest BCUT2D eigenvalue weighted by atomic mass is 10.1. The van der Waals surface area contributed by atoms with Gasteiger partial charge in [-0.1, -0.05) is 39.7 Å². The summed E-state index contributed by atoms with van der Waals surface area (Å²) in [4.78, 5) is 21.3. The van der Waals surface area contributed by atoms with Crippen LogP contribution in [0.5, 0.6) is 0 Å². The lowest BCUT2D eigenvalue weighted by Gasteiger charge is -2.10. The fourth-order valence-corrected chi connectivity index (χ4v) is 3.02. The molecule has 0 aliphatic rings. The third-order valence-corrected chi connectivity index (χ3v) is 4.63. The van der Waals surface area contributed by atoms with Gasteiger partial charge < -0.3 is 10.1 Å². The molecule has 0 bridgehead atoms. The van der Waals surface area contributed by atoms with Crippen molar-refractivity contribution in [1.29, 1.82) is 0 Å². The molecular formula is C23H34N4O2. The summed E-state index contributed by atoms with van der Waals surface area (Å²) in [5.74, 6) is 0.867. The van der Waals surface area contributed by atoms with E-state index in [1.807, 2.05) is 30.4 Å². The topological polar surface area (TPSA) is 68.5 Å².